The second-order valence-corrected chi connectivity index (χ2v) is 4.53. The van der Waals surface area contributed by atoms with Gasteiger partial charge in [-0.25, -0.2) is 0 Å². The highest BCUT2D eigenvalue weighted by Gasteiger charge is 2.14. The van der Waals surface area contributed by atoms with Crippen LogP contribution in [0.1, 0.15) is 40.5 Å². The van der Waals surface area contributed by atoms with Crippen LogP contribution < -0.4 is 11.1 Å². The Morgan fingerprint density at radius 3 is 2.33 bits per heavy atom. The minimum absolute atomic E-state index is 0.212. The molecule has 0 aromatic carbocycles. The Hall–Kier alpha value is -0.0800. The first-order valence-electron chi connectivity index (χ1n) is 4.93. The fraction of sp³-hybridized carbons (Fsp3) is 1.00. The second-order valence-electron chi connectivity index (χ2n) is 4.53. The number of hydrogen-bond donors (Lipinski definition) is 2. The standard InChI is InChI=1S/C10H24N2/c1-9(2)5-8-12-10(3,4)6-7-11/h9,12H,5-8,11H2,1-4H3. The van der Waals surface area contributed by atoms with E-state index in [0.29, 0.717) is 0 Å². The predicted octanol–water partition coefficient (Wildman–Crippen LogP) is 1.75. The van der Waals surface area contributed by atoms with Crippen molar-refractivity contribution in [1.82, 2.24) is 5.32 Å². The van der Waals surface area contributed by atoms with Crippen molar-refractivity contribution in [1.29, 1.82) is 0 Å². The molecular weight excluding hydrogens is 148 g/mol. The van der Waals surface area contributed by atoms with Crippen molar-refractivity contribution in [2.45, 2.75) is 46.1 Å². The Bertz CT molecular complexity index is 108. The van der Waals surface area contributed by atoms with Gasteiger partial charge in [-0.1, -0.05) is 13.8 Å². The van der Waals surface area contributed by atoms with Crippen LogP contribution in [0, 0.1) is 5.92 Å². The van der Waals surface area contributed by atoms with Crippen molar-refractivity contribution < 1.29 is 0 Å². The predicted molar refractivity (Wildman–Crippen MR) is 55.2 cm³/mol. The summed E-state index contributed by atoms with van der Waals surface area (Å²) in [6, 6.07) is 0. The van der Waals surface area contributed by atoms with Gasteiger partial charge >= 0.3 is 0 Å². The van der Waals surface area contributed by atoms with Gasteiger partial charge in [-0.3, -0.25) is 0 Å². The highest BCUT2D eigenvalue weighted by molar-refractivity contribution is 4.77. The van der Waals surface area contributed by atoms with Crippen LogP contribution in [0.5, 0.6) is 0 Å². The van der Waals surface area contributed by atoms with Crippen LogP contribution in [0.2, 0.25) is 0 Å². The lowest BCUT2D eigenvalue weighted by Crippen LogP contribution is -2.41. The summed E-state index contributed by atoms with van der Waals surface area (Å²) in [6.45, 7) is 10.8. The highest BCUT2D eigenvalue weighted by atomic mass is 14.9. The molecule has 0 saturated heterocycles. The fourth-order valence-corrected chi connectivity index (χ4v) is 1.15. The summed E-state index contributed by atoms with van der Waals surface area (Å²) in [5.74, 6) is 0.783. The summed E-state index contributed by atoms with van der Waals surface area (Å²) in [7, 11) is 0. The van der Waals surface area contributed by atoms with E-state index in [1.54, 1.807) is 0 Å². The lowest BCUT2D eigenvalue weighted by Gasteiger charge is -2.26. The van der Waals surface area contributed by atoms with Crippen LogP contribution in [0.15, 0.2) is 0 Å². The third kappa shape index (κ3) is 6.62. The molecule has 0 unspecified atom stereocenters. The number of nitrogens with two attached hydrogens (primary N) is 1. The van der Waals surface area contributed by atoms with Crippen molar-refractivity contribution in [2.75, 3.05) is 13.1 Å². The quantitative estimate of drug-likeness (QED) is 0.640. The maximum atomic E-state index is 5.51. The molecule has 0 aliphatic heterocycles. The van der Waals surface area contributed by atoms with Gasteiger partial charge in [-0.05, 0) is 45.7 Å². The Balaban J connectivity index is 3.46. The largest absolute Gasteiger partial charge is 0.330 e. The van der Waals surface area contributed by atoms with Gasteiger partial charge in [0.2, 0.25) is 0 Å². The Kier molecular flexibility index (Phi) is 5.51. The molecule has 0 aromatic heterocycles. The summed E-state index contributed by atoms with van der Waals surface area (Å²) in [6.07, 6.45) is 2.29. The first-order valence-corrected chi connectivity index (χ1v) is 4.93. The molecule has 2 nitrogen and oxygen atoms in total. The maximum Gasteiger partial charge on any atom is 0.0137 e. The molecule has 0 fully saturated rings. The van der Waals surface area contributed by atoms with Crippen LogP contribution in [-0.4, -0.2) is 18.6 Å². The summed E-state index contributed by atoms with van der Waals surface area (Å²) in [4.78, 5) is 0. The first-order chi connectivity index (χ1) is 5.48. The Labute approximate surface area is 76.9 Å². The van der Waals surface area contributed by atoms with Gasteiger partial charge in [0, 0.05) is 5.54 Å². The first kappa shape index (κ1) is 11.9. The lowest BCUT2D eigenvalue weighted by molar-refractivity contribution is 0.354. The highest BCUT2D eigenvalue weighted by Crippen LogP contribution is 2.07. The monoisotopic (exact) mass is 172 g/mol. The third-order valence-electron chi connectivity index (χ3n) is 2.09. The molecule has 0 saturated carbocycles. The van der Waals surface area contributed by atoms with Crippen molar-refractivity contribution >= 4 is 0 Å². The number of hydrogen-bond acceptors (Lipinski definition) is 2. The molecule has 12 heavy (non-hydrogen) atoms. The minimum atomic E-state index is 0.212. The smallest absolute Gasteiger partial charge is 0.0137 e. The van der Waals surface area contributed by atoms with Gasteiger partial charge in [0.25, 0.3) is 0 Å². The second kappa shape index (κ2) is 5.55. The van der Waals surface area contributed by atoms with Gasteiger partial charge in [0.05, 0.1) is 0 Å². The van der Waals surface area contributed by atoms with E-state index in [2.05, 4.69) is 33.0 Å². The van der Waals surface area contributed by atoms with E-state index in [1.807, 2.05) is 0 Å². The van der Waals surface area contributed by atoms with Crippen molar-refractivity contribution in [3.63, 3.8) is 0 Å². The molecule has 0 radical (unpaired) electrons. The minimum Gasteiger partial charge on any atom is -0.330 e. The van der Waals surface area contributed by atoms with Gasteiger partial charge in [0.15, 0.2) is 0 Å². The zero-order chi connectivity index (χ0) is 9.61. The van der Waals surface area contributed by atoms with Crippen molar-refractivity contribution in [2.24, 2.45) is 11.7 Å². The Morgan fingerprint density at radius 2 is 1.92 bits per heavy atom. The van der Waals surface area contributed by atoms with Crippen LogP contribution in [-0.2, 0) is 0 Å². The SMILES string of the molecule is CC(C)CCNC(C)(C)CCN. The molecule has 0 amide bonds. The van der Waals surface area contributed by atoms with E-state index < -0.39 is 0 Å². The van der Waals surface area contributed by atoms with Crippen molar-refractivity contribution in [3.05, 3.63) is 0 Å². The lowest BCUT2D eigenvalue weighted by atomic mass is 10.00. The van der Waals surface area contributed by atoms with E-state index in [1.165, 1.54) is 6.42 Å². The Morgan fingerprint density at radius 1 is 1.33 bits per heavy atom. The topological polar surface area (TPSA) is 38.0 Å². The van der Waals surface area contributed by atoms with Gasteiger partial charge in [0.1, 0.15) is 0 Å². The molecule has 0 heterocycles. The zero-order valence-corrected chi connectivity index (χ0v) is 8.98. The molecule has 0 aromatic rings. The number of nitrogens with one attached hydrogen (secondary N) is 1. The summed E-state index contributed by atoms with van der Waals surface area (Å²) in [5.41, 5.74) is 5.72. The third-order valence-corrected chi connectivity index (χ3v) is 2.09. The molecule has 0 spiro atoms. The molecule has 2 heteroatoms. The molecule has 0 aliphatic rings. The number of rotatable bonds is 6. The molecule has 0 atom stereocenters. The molecule has 74 valence electrons. The maximum absolute atomic E-state index is 5.51. The molecule has 0 bridgehead atoms. The summed E-state index contributed by atoms with van der Waals surface area (Å²) in [5, 5.41) is 3.51. The van der Waals surface area contributed by atoms with E-state index in [-0.39, 0.29) is 5.54 Å². The summed E-state index contributed by atoms with van der Waals surface area (Å²) < 4.78 is 0. The molecule has 3 N–H and O–H groups in total. The molecule has 0 aliphatic carbocycles. The molecular formula is C10H24N2. The van der Waals surface area contributed by atoms with Crippen LogP contribution in [0.3, 0.4) is 0 Å². The molecule has 0 rings (SSSR count). The van der Waals surface area contributed by atoms with E-state index in [9.17, 15) is 0 Å². The summed E-state index contributed by atoms with van der Waals surface area (Å²) >= 11 is 0. The average molecular weight is 172 g/mol. The van der Waals surface area contributed by atoms with Gasteiger partial charge in [-0.2, -0.15) is 0 Å². The van der Waals surface area contributed by atoms with E-state index in [4.69, 9.17) is 5.73 Å². The van der Waals surface area contributed by atoms with E-state index in [0.717, 1.165) is 25.4 Å². The van der Waals surface area contributed by atoms with Crippen LogP contribution in [0.25, 0.3) is 0 Å². The van der Waals surface area contributed by atoms with Gasteiger partial charge < -0.3 is 11.1 Å². The van der Waals surface area contributed by atoms with Gasteiger partial charge in [-0.15, -0.1) is 0 Å². The average Bonchev–Trinajstić information content (AvgIpc) is 1.85. The fourth-order valence-electron chi connectivity index (χ4n) is 1.15. The van der Waals surface area contributed by atoms with Crippen LogP contribution >= 0.6 is 0 Å². The van der Waals surface area contributed by atoms with E-state index >= 15 is 0 Å². The van der Waals surface area contributed by atoms with Crippen LogP contribution in [0.4, 0.5) is 0 Å². The zero-order valence-electron chi connectivity index (χ0n) is 8.98. The normalized spacial score (nSPS) is 12.5. The van der Waals surface area contributed by atoms with Crippen molar-refractivity contribution in [3.8, 4) is 0 Å².